The summed E-state index contributed by atoms with van der Waals surface area (Å²) < 4.78 is 16.7. The van der Waals surface area contributed by atoms with Crippen LogP contribution in [0.15, 0.2) is 24.3 Å². The van der Waals surface area contributed by atoms with Crippen LogP contribution in [0.25, 0.3) is 0 Å². The number of fused-ring (bicyclic) bond motifs is 5. The summed E-state index contributed by atoms with van der Waals surface area (Å²) in [5.74, 6) is -2.77. The predicted octanol–water partition coefficient (Wildman–Crippen LogP) is 2.66. The Labute approximate surface area is 182 Å². The van der Waals surface area contributed by atoms with E-state index >= 15 is 0 Å². The molecule has 32 heavy (non-hydrogen) atoms. The molecule has 2 aromatic rings. The zero-order valence-corrected chi connectivity index (χ0v) is 17.6. The molecular formula is C24H18O8. The maximum absolute atomic E-state index is 13.5. The summed E-state index contributed by atoms with van der Waals surface area (Å²) in [5.41, 5.74) is -0.305. The molecule has 162 valence electrons. The van der Waals surface area contributed by atoms with Crippen LogP contribution < -0.4 is 9.47 Å². The smallest absolute Gasteiger partial charge is 0.308 e. The molecule has 0 N–H and O–H groups in total. The van der Waals surface area contributed by atoms with Gasteiger partial charge in [0.05, 0.1) is 11.1 Å². The lowest BCUT2D eigenvalue weighted by molar-refractivity contribution is -0.133. The summed E-state index contributed by atoms with van der Waals surface area (Å²) in [5, 5.41) is 0. The number of hydrogen-bond donors (Lipinski definition) is 0. The van der Waals surface area contributed by atoms with Crippen LogP contribution in [0.2, 0.25) is 0 Å². The Morgan fingerprint density at radius 2 is 1.44 bits per heavy atom. The minimum absolute atomic E-state index is 0.0427. The quantitative estimate of drug-likeness (QED) is 0.351. The Morgan fingerprint density at radius 3 is 1.97 bits per heavy atom. The molecule has 1 heterocycles. The van der Waals surface area contributed by atoms with Crippen molar-refractivity contribution in [3.8, 4) is 11.5 Å². The maximum Gasteiger partial charge on any atom is 0.308 e. The number of esters is 2. The fourth-order valence-electron chi connectivity index (χ4n) is 4.80. The van der Waals surface area contributed by atoms with Crippen molar-refractivity contribution in [2.75, 3.05) is 0 Å². The van der Waals surface area contributed by atoms with Crippen LogP contribution in [-0.2, 0) is 25.5 Å². The van der Waals surface area contributed by atoms with Crippen molar-refractivity contribution in [3.05, 3.63) is 57.6 Å². The highest BCUT2D eigenvalue weighted by Gasteiger charge is 2.65. The van der Waals surface area contributed by atoms with Crippen LogP contribution in [0.5, 0.6) is 11.5 Å². The average molecular weight is 434 g/mol. The van der Waals surface area contributed by atoms with Crippen molar-refractivity contribution in [1.82, 2.24) is 0 Å². The molecule has 0 bridgehead atoms. The number of hydrogen-bond acceptors (Lipinski definition) is 8. The van der Waals surface area contributed by atoms with Gasteiger partial charge in [0.1, 0.15) is 17.6 Å². The lowest BCUT2D eigenvalue weighted by Gasteiger charge is -2.28. The average Bonchev–Trinajstić information content (AvgIpc) is 3.49. The molecule has 2 atom stereocenters. The number of epoxide rings is 1. The number of ether oxygens (including phenoxy) is 3. The number of carbonyl (C=O) groups excluding carboxylic acids is 5. The summed E-state index contributed by atoms with van der Waals surface area (Å²) in [7, 11) is 0. The van der Waals surface area contributed by atoms with Gasteiger partial charge in [-0.2, -0.15) is 0 Å². The summed E-state index contributed by atoms with van der Waals surface area (Å²) in [6.45, 7) is 3.78. The van der Waals surface area contributed by atoms with Gasteiger partial charge in [-0.3, -0.25) is 24.0 Å². The molecule has 5 rings (SSSR count). The SMILES string of the molecule is CC(=O)Oc1c2c(c(OC(C)=O)c3c1C(=O)c1ccccc1C3=O)[C@@H]1O[C@]1(C(C)=O)CC2. The first-order chi connectivity index (χ1) is 15.2. The second-order valence-electron chi connectivity index (χ2n) is 8.14. The minimum Gasteiger partial charge on any atom is -0.426 e. The van der Waals surface area contributed by atoms with Gasteiger partial charge in [0.25, 0.3) is 0 Å². The Balaban J connectivity index is 1.88. The third-order valence-corrected chi connectivity index (χ3v) is 6.21. The molecule has 1 aliphatic heterocycles. The molecule has 3 aliphatic rings. The zero-order chi connectivity index (χ0) is 22.9. The predicted molar refractivity (Wildman–Crippen MR) is 108 cm³/mol. The maximum atomic E-state index is 13.5. The van der Waals surface area contributed by atoms with Crippen molar-refractivity contribution in [2.45, 2.75) is 45.3 Å². The summed E-state index contributed by atoms with van der Waals surface area (Å²) in [4.78, 5) is 63.3. The van der Waals surface area contributed by atoms with Gasteiger partial charge in [-0.15, -0.1) is 0 Å². The molecule has 2 aromatic carbocycles. The Morgan fingerprint density at radius 1 is 0.906 bits per heavy atom. The molecule has 0 unspecified atom stereocenters. The van der Waals surface area contributed by atoms with Crippen molar-refractivity contribution >= 4 is 29.3 Å². The number of rotatable bonds is 3. The molecule has 0 saturated carbocycles. The van der Waals surface area contributed by atoms with E-state index in [1.807, 2.05) is 0 Å². The highest BCUT2D eigenvalue weighted by atomic mass is 16.6. The Bertz CT molecular complexity index is 1290. The van der Waals surface area contributed by atoms with E-state index in [0.717, 1.165) is 0 Å². The van der Waals surface area contributed by atoms with Gasteiger partial charge in [0.2, 0.25) is 0 Å². The summed E-state index contributed by atoms with van der Waals surface area (Å²) >= 11 is 0. The van der Waals surface area contributed by atoms with E-state index in [-0.39, 0.29) is 46.0 Å². The first kappa shape index (κ1) is 20.3. The standard InChI is InChI=1S/C24H18O8/c1-10(25)24-9-8-15-16(23(24)32-24)22(31-12(3)27)18-17(21(15)30-11(2)26)19(28)13-6-4-5-7-14(13)20(18)29/h4-7,23H,8-9H2,1-3H3/t23-,24-/m0/s1. The molecule has 1 fully saturated rings. The highest BCUT2D eigenvalue weighted by molar-refractivity contribution is 6.31. The van der Waals surface area contributed by atoms with Gasteiger partial charge in [0, 0.05) is 36.1 Å². The van der Waals surface area contributed by atoms with E-state index in [1.165, 1.54) is 32.9 Å². The van der Waals surface area contributed by atoms with Crippen molar-refractivity contribution < 1.29 is 38.2 Å². The van der Waals surface area contributed by atoms with Crippen LogP contribution >= 0.6 is 0 Å². The van der Waals surface area contributed by atoms with Crippen molar-refractivity contribution in [3.63, 3.8) is 0 Å². The molecule has 0 radical (unpaired) electrons. The molecule has 8 nitrogen and oxygen atoms in total. The molecular weight excluding hydrogens is 416 g/mol. The minimum atomic E-state index is -1.08. The second-order valence-corrected chi connectivity index (χ2v) is 8.14. The molecule has 0 amide bonds. The van der Waals surface area contributed by atoms with Gasteiger partial charge in [-0.25, -0.2) is 0 Å². The Kier molecular flexibility index (Phi) is 4.22. The third kappa shape index (κ3) is 2.62. The van der Waals surface area contributed by atoms with Crippen molar-refractivity contribution in [1.29, 1.82) is 0 Å². The van der Waals surface area contributed by atoms with Gasteiger partial charge in [0.15, 0.2) is 23.0 Å². The fourth-order valence-corrected chi connectivity index (χ4v) is 4.80. The first-order valence-corrected chi connectivity index (χ1v) is 10.1. The van der Waals surface area contributed by atoms with Gasteiger partial charge in [-0.05, 0) is 19.8 Å². The molecule has 8 heteroatoms. The highest BCUT2D eigenvalue weighted by Crippen LogP contribution is 2.62. The fraction of sp³-hybridized carbons (Fsp3) is 0.292. The monoisotopic (exact) mass is 434 g/mol. The first-order valence-electron chi connectivity index (χ1n) is 10.1. The normalized spacial score (nSPS) is 22.2. The van der Waals surface area contributed by atoms with Crippen LogP contribution in [0.1, 0.15) is 76.3 Å². The van der Waals surface area contributed by atoms with Crippen molar-refractivity contribution in [2.24, 2.45) is 0 Å². The van der Waals surface area contributed by atoms with E-state index in [1.54, 1.807) is 12.1 Å². The Hall–Kier alpha value is -3.65. The van der Waals surface area contributed by atoms with E-state index in [4.69, 9.17) is 14.2 Å². The molecule has 1 saturated heterocycles. The van der Waals surface area contributed by atoms with E-state index < -0.39 is 35.2 Å². The van der Waals surface area contributed by atoms with Crippen LogP contribution in [0.3, 0.4) is 0 Å². The van der Waals surface area contributed by atoms with E-state index in [2.05, 4.69) is 0 Å². The number of Topliss-reactive ketones (excluding diaryl/α,β-unsaturated/α-hetero) is 1. The van der Waals surface area contributed by atoms with Crippen LogP contribution in [0.4, 0.5) is 0 Å². The van der Waals surface area contributed by atoms with Crippen LogP contribution in [-0.4, -0.2) is 34.9 Å². The lowest BCUT2D eigenvalue weighted by Crippen LogP contribution is -2.31. The summed E-state index contributed by atoms with van der Waals surface area (Å²) in [6.07, 6.45) is -0.220. The van der Waals surface area contributed by atoms with Gasteiger partial charge >= 0.3 is 11.9 Å². The summed E-state index contributed by atoms with van der Waals surface area (Å²) in [6, 6.07) is 6.28. The van der Waals surface area contributed by atoms with E-state index in [0.29, 0.717) is 17.5 Å². The zero-order valence-electron chi connectivity index (χ0n) is 17.6. The number of benzene rings is 2. The number of ketones is 3. The number of carbonyl (C=O) groups is 5. The van der Waals surface area contributed by atoms with Gasteiger partial charge in [-0.1, -0.05) is 24.3 Å². The largest absolute Gasteiger partial charge is 0.426 e. The van der Waals surface area contributed by atoms with E-state index in [9.17, 15) is 24.0 Å². The third-order valence-electron chi connectivity index (χ3n) is 6.21. The van der Waals surface area contributed by atoms with Crippen LogP contribution in [0, 0.1) is 0 Å². The molecule has 0 aromatic heterocycles. The topological polar surface area (TPSA) is 116 Å². The lowest BCUT2D eigenvalue weighted by atomic mass is 9.75. The second kappa shape index (κ2) is 6.67. The molecule has 0 spiro atoms. The molecule has 2 aliphatic carbocycles. The van der Waals surface area contributed by atoms with Gasteiger partial charge < -0.3 is 14.2 Å².